The van der Waals surface area contributed by atoms with E-state index in [2.05, 4.69) is 50.9 Å². The molecule has 0 amide bonds. The summed E-state index contributed by atoms with van der Waals surface area (Å²) in [4.78, 5) is 0. The molecule has 0 bridgehead atoms. The van der Waals surface area contributed by atoms with E-state index in [0.717, 1.165) is 36.2 Å². The first-order valence-electron chi connectivity index (χ1n) is 13.4. The SMILES string of the molecule is C=C/C=C\C(=C/C)C(C)C1(Cc2ccc(C(F)(F)F)cc2)CC(C)=C(NC2=CC=C(F)CC2)C=C1CCC. The molecule has 0 saturated heterocycles. The maximum absolute atomic E-state index is 13.5. The number of halogens is 4. The number of allylic oxidation sites excluding steroid dienone is 12. The molecule has 2 aliphatic rings. The fourth-order valence-corrected chi connectivity index (χ4v) is 5.67. The minimum atomic E-state index is -4.36. The van der Waals surface area contributed by atoms with Crippen LogP contribution in [-0.2, 0) is 12.6 Å². The van der Waals surface area contributed by atoms with E-state index in [4.69, 9.17) is 0 Å². The fourth-order valence-electron chi connectivity index (χ4n) is 5.67. The molecule has 0 aliphatic heterocycles. The second kappa shape index (κ2) is 12.6. The summed E-state index contributed by atoms with van der Waals surface area (Å²) in [6.45, 7) is 12.3. The third-order valence-electron chi connectivity index (χ3n) is 7.80. The summed E-state index contributed by atoms with van der Waals surface area (Å²) < 4.78 is 53.3. The Morgan fingerprint density at radius 1 is 1.16 bits per heavy atom. The second-order valence-corrected chi connectivity index (χ2v) is 10.4. The normalized spacial score (nSPS) is 21.7. The van der Waals surface area contributed by atoms with Crippen LogP contribution in [0.1, 0.15) is 70.9 Å². The molecule has 0 saturated carbocycles. The summed E-state index contributed by atoms with van der Waals surface area (Å²) in [6.07, 6.45) is 13.3. The molecule has 2 aliphatic carbocycles. The maximum Gasteiger partial charge on any atom is 0.416 e. The van der Waals surface area contributed by atoms with Gasteiger partial charge in [-0.25, -0.2) is 4.39 Å². The lowest BCUT2D eigenvalue weighted by atomic mass is 9.58. The van der Waals surface area contributed by atoms with Gasteiger partial charge in [0.2, 0.25) is 0 Å². The summed E-state index contributed by atoms with van der Waals surface area (Å²) in [6, 6.07) is 5.62. The Bertz CT molecular complexity index is 1190. The number of hydrogen-bond acceptors (Lipinski definition) is 1. The van der Waals surface area contributed by atoms with Crippen LogP contribution in [0, 0.1) is 11.3 Å². The van der Waals surface area contributed by atoms with Gasteiger partial charge in [0, 0.05) is 23.2 Å². The molecule has 3 rings (SSSR count). The van der Waals surface area contributed by atoms with Crippen molar-refractivity contribution in [2.24, 2.45) is 11.3 Å². The third kappa shape index (κ3) is 6.86. The molecule has 0 aromatic heterocycles. The average molecular weight is 526 g/mol. The van der Waals surface area contributed by atoms with Crippen molar-refractivity contribution in [3.63, 3.8) is 0 Å². The Morgan fingerprint density at radius 3 is 2.42 bits per heavy atom. The average Bonchev–Trinajstić information content (AvgIpc) is 2.88. The van der Waals surface area contributed by atoms with Crippen LogP contribution in [0.5, 0.6) is 0 Å². The lowest BCUT2D eigenvalue weighted by molar-refractivity contribution is -0.137. The van der Waals surface area contributed by atoms with Gasteiger partial charge >= 0.3 is 6.18 Å². The molecule has 0 fully saturated rings. The molecule has 0 heterocycles. The van der Waals surface area contributed by atoms with Crippen LogP contribution in [0.25, 0.3) is 0 Å². The third-order valence-corrected chi connectivity index (χ3v) is 7.80. The van der Waals surface area contributed by atoms with Crippen LogP contribution in [0.2, 0.25) is 0 Å². The topological polar surface area (TPSA) is 12.0 Å². The van der Waals surface area contributed by atoms with Crippen molar-refractivity contribution in [2.45, 2.75) is 72.4 Å². The van der Waals surface area contributed by atoms with Crippen molar-refractivity contribution < 1.29 is 17.6 Å². The van der Waals surface area contributed by atoms with Crippen molar-refractivity contribution in [1.29, 1.82) is 0 Å². The molecule has 1 aromatic rings. The van der Waals surface area contributed by atoms with E-state index in [-0.39, 0.29) is 17.2 Å². The number of alkyl halides is 3. The summed E-state index contributed by atoms with van der Waals surface area (Å²) in [5.74, 6) is -0.00540. The minimum Gasteiger partial charge on any atom is -0.359 e. The first kappa shape index (κ1) is 29.5. The molecule has 1 N–H and O–H groups in total. The highest BCUT2D eigenvalue weighted by Gasteiger charge is 2.43. The smallest absolute Gasteiger partial charge is 0.359 e. The quantitative estimate of drug-likeness (QED) is 0.237. The van der Waals surface area contributed by atoms with Crippen LogP contribution in [0.3, 0.4) is 0 Å². The maximum atomic E-state index is 13.5. The Hall–Kier alpha value is -3.08. The predicted octanol–water partition coefficient (Wildman–Crippen LogP) is 10.1. The summed E-state index contributed by atoms with van der Waals surface area (Å²) in [7, 11) is 0. The van der Waals surface area contributed by atoms with Crippen LogP contribution >= 0.6 is 0 Å². The van der Waals surface area contributed by atoms with Crippen molar-refractivity contribution in [3.05, 3.63) is 118 Å². The zero-order chi connectivity index (χ0) is 27.9. The van der Waals surface area contributed by atoms with E-state index in [1.807, 2.05) is 13.0 Å². The van der Waals surface area contributed by atoms with Crippen molar-refractivity contribution in [3.8, 4) is 0 Å². The molecule has 38 heavy (non-hydrogen) atoms. The van der Waals surface area contributed by atoms with Crippen molar-refractivity contribution in [2.75, 3.05) is 0 Å². The molecule has 2 unspecified atom stereocenters. The monoisotopic (exact) mass is 525 g/mol. The predicted molar refractivity (Wildman–Crippen MR) is 150 cm³/mol. The molecule has 2 atom stereocenters. The van der Waals surface area contributed by atoms with E-state index in [9.17, 15) is 17.6 Å². The highest BCUT2D eigenvalue weighted by molar-refractivity contribution is 5.44. The molecule has 1 aromatic carbocycles. The lowest BCUT2D eigenvalue weighted by Gasteiger charge is -2.46. The van der Waals surface area contributed by atoms with Gasteiger partial charge in [-0.05, 0) is 92.5 Å². The largest absolute Gasteiger partial charge is 0.416 e. The van der Waals surface area contributed by atoms with Gasteiger partial charge in [0.15, 0.2) is 0 Å². The summed E-state index contributed by atoms with van der Waals surface area (Å²) in [5, 5.41) is 3.54. The number of benzene rings is 1. The zero-order valence-corrected chi connectivity index (χ0v) is 22.9. The van der Waals surface area contributed by atoms with E-state index in [1.165, 1.54) is 34.9 Å². The molecule has 204 valence electrons. The molecule has 5 heteroatoms. The van der Waals surface area contributed by atoms with E-state index < -0.39 is 11.7 Å². The first-order chi connectivity index (χ1) is 18.0. The molecular weight excluding hydrogens is 486 g/mol. The van der Waals surface area contributed by atoms with Crippen molar-refractivity contribution in [1.82, 2.24) is 5.32 Å². The van der Waals surface area contributed by atoms with E-state index in [0.29, 0.717) is 19.3 Å². The van der Waals surface area contributed by atoms with Gasteiger partial charge in [0.1, 0.15) is 5.83 Å². The summed E-state index contributed by atoms with van der Waals surface area (Å²) in [5.41, 5.74) is 5.59. The molecular formula is C33H39F4N. The lowest BCUT2D eigenvalue weighted by Crippen LogP contribution is -2.38. The van der Waals surface area contributed by atoms with Crippen LogP contribution in [0.4, 0.5) is 17.6 Å². The Morgan fingerprint density at radius 2 is 1.87 bits per heavy atom. The standard InChI is InChI=1S/C33H39F4N/c1-6-9-11-26(8-3)24(5)32(22-25-12-14-27(15-13-25)33(35,36)37)21-23(4)31(20-28(32)10-7-2)38-30-18-16-29(34)17-19-30/h6,8-9,11-16,18,20,24,38H,1,7,10,17,19,21-22H2,2-5H3/b11-9-,26-8+. The van der Waals surface area contributed by atoms with Gasteiger partial charge in [-0.1, -0.05) is 68.9 Å². The number of nitrogens with one attached hydrogen (secondary N) is 1. The van der Waals surface area contributed by atoms with Gasteiger partial charge < -0.3 is 5.32 Å². The van der Waals surface area contributed by atoms with Gasteiger partial charge in [0.05, 0.1) is 5.56 Å². The van der Waals surface area contributed by atoms with E-state index >= 15 is 0 Å². The Balaban J connectivity index is 2.08. The van der Waals surface area contributed by atoms with Crippen LogP contribution < -0.4 is 5.32 Å². The Labute approximate surface area is 225 Å². The zero-order valence-electron chi connectivity index (χ0n) is 22.9. The van der Waals surface area contributed by atoms with Crippen LogP contribution in [0.15, 0.2) is 107 Å². The Kier molecular flexibility index (Phi) is 9.81. The molecule has 0 radical (unpaired) electrons. The van der Waals surface area contributed by atoms with Crippen molar-refractivity contribution >= 4 is 0 Å². The highest BCUT2D eigenvalue weighted by Crippen LogP contribution is 2.52. The molecule has 0 spiro atoms. The van der Waals surface area contributed by atoms with Gasteiger partial charge in [-0.2, -0.15) is 13.2 Å². The summed E-state index contributed by atoms with van der Waals surface area (Å²) >= 11 is 0. The number of rotatable bonds is 10. The van der Waals surface area contributed by atoms with Gasteiger partial charge in [0.25, 0.3) is 0 Å². The van der Waals surface area contributed by atoms with Gasteiger partial charge in [-0.15, -0.1) is 0 Å². The highest BCUT2D eigenvalue weighted by atomic mass is 19.4. The van der Waals surface area contributed by atoms with Crippen LogP contribution in [-0.4, -0.2) is 0 Å². The fraction of sp³-hybridized carbons (Fsp3) is 0.394. The number of hydrogen-bond donors (Lipinski definition) is 1. The van der Waals surface area contributed by atoms with Gasteiger partial charge in [-0.3, -0.25) is 0 Å². The molecule has 1 nitrogen and oxygen atoms in total. The first-order valence-corrected chi connectivity index (χ1v) is 13.4. The minimum absolute atomic E-state index is 0.103. The van der Waals surface area contributed by atoms with E-state index in [1.54, 1.807) is 24.3 Å². The second-order valence-electron chi connectivity index (χ2n) is 10.4.